The summed E-state index contributed by atoms with van der Waals surface area (Å²) in [4.78, 5) is 24.6. The lowest BCUT2D eigenvalue weighted by Gasteiger charge is -2.28. The van der Waals surface area contributed by atoms with Crippen LogP contribution in [-0.2, 0) is 0 Å². The monoisotopic (exact) mass is 288 g/mol. The van der Waals surface area contributed by atoms with Crippen molar-refractivity contribution >= 4 is 27.5 Å². The smallest absolute Gasteiger partial charge is 0.172 e. The highest BCUT2D eigenvalue weighted by molar-refractivity contribution is 9.10. The molecule has 2 aliphatic carbocycles. The van der Waals surface area contributed by atoms with Gasteiger partial charge in [0, 0.05) is 15.6 Å². The summed E-state index contributed by atoms with van der Waals surface area (Å²) in [6.45, 7) is 0. The van der Waals surface area contributed by atoms with Crippen LogP contribution in [0.5, 0.6) is 0 Å². The van der Waals surface area contributed by atoms with Gasteiger partial charge < -0.3 is 0 Å². The Hall–Kier alpha value is -1.48. The number of benzene rings is 1. The van der Waals surface area contributed by atoms with E-state index in [9.17, 15) is 9.59 Å². The minimum absolute atomic E-state index is 0.0256. The van der Waals surface area contributed by atoms with Crippen LogP contribution in [0.25, 0.3) is 0 Å². The van der Waals surface area contributed by atoms with Crippen molar-refractivity contribution in [1.82, 2.24) is 0 Å². The number of rotatable bonds is 0. The van der Waals surface area contributed by atoms with Gasteiger partial charge in [-0.05, 0) is 6.07 Å². The van der Waals surface area contributed by atoms with Crippen molar-refractivity contribution in [3.63, 3.8) is 0 Å². The van der Waals surface area contributed by atoms with Gasteiger partial charge in [-0.15, -0.1) is 0 Å². The van der Waals surface area contributed by atoms with E-state index >= 15 is 0 Å². The number of hydrogen-bond acceptors (Lipinski definition) is 2. The number of allylic oxidation sites excluding steroid dienone is 4. The van der Waals surface area contributed by atoms with E-state index in [0.29, 0.717) is 15.6 Å². The normalized spacial score (nSPS) is 25.7. The third-order valence-corrected chi connectivity index (χ3v) is 3.93. The van der Waals surface area contributed by atoms with Crippen LogP contribution >= 0.6 is 15.9 Å². The molecule has 0 N–H and O–H groups in total. The van der Waals surface area contributed by atoms with Gasteiger partial charge in [-0.25, -0.2) is 0 Å². The van der Waals surface area contributed by atoms with E-state index in [4.69, 9.17) is 0 Å². The summed E-state index contributed by atoms with van der Waals surface area (Å²) in [5, 5.41) is 0. The molecular weight excluding hydrogens is 280 g/mol. The van der Waals surface area contributed by atoms with Gasteiger partial charge in [0.25, 0.3) is 0 Å². The van der Waals surface area contributed by atoms with Crippen LogP contribution in [0.3, 0.4) is 0 Å². The van der Waals surface area contributed by atoms with Gasteiger partial charge in [0.15, 0.2) is 11.6 Å². The lowest BCUT2D eigenvalue weighted by atomic mass is 9.72. The average Bonchev–Trinajstić information content (AvgIpc) is 2.36. The van der Waals surface area contributed by atoms with E-state index < -0.39 is 0 Å². The Labute approximate surface area is 107 Å². The molecule has 3 rings (SSSR count). The van der Waals surface area contributed by atoms with E-state index in [0.717, 1.165) is 0 Å². The minimum atomic E-state index is -0.335. The quantitative estimate of drug-likeness (QED) is 0.735. The van der Waals surface area contributed by atoms with E-state index in [2.05, 4.69) is 15.9 Å². The maximum atomic E-state index is 12.4. The number of Topliss-reactive ketones (excluding diaryl/α,β-unsaturated/α-hetero) is 2. The molecule has 2 aliphatic rings. The summed E-state index contributed by atoms with van der Waals surface area (Å²) < 4.78 is 0.703. The second kappa shape index (κ2) is 3.77. The molecule has 2 nitrogen and oxygen atoms in total. The molecule has 2 unspecified atom stereocenters. The van der Waals surface area contributed by atoms with Crippen molar-refractivity contribution in [1.29, 1.82) is 0 Å². The summed E-state index contributed by atoms with van der Waals surface area (Å²) in [5.41, 5.74) is 1.06. The van der Waals surface area contributed by atoms with Gasteiger partial charge >= 0.3 is 0 Å². The van der Waals surface area contributed by atoms with Gasteiger partial charge in [0.2, 0.25) is 0 Å². The molecular formula is C14H9BrO2. The van der Waals surface area contributed by atoms with Gasteiger partial charge in [0.1, 0.15) is 0 Å². The summed E-state index contributed by atoms with van der Waals surface area (Å²) in [5.74, 6) is -0.600. The first-order valence-corrected chi connectivity index (χ1v) is 6.21. The van der Waals surface area contributed by atoms with Crippen LogP contribution in [0, 0.1) is 11.8 Å². The number of fused-ring (bicyclic) bond motifs is 2. The second-order valence-corrected chi connectivity index (χ2v) is 5.07. The number of carbonyl (C=O) groups excluding carboxylic acids is 2. The van der Waals surface area contributed by atoms with Crippen molar-refractivity contribution in [3.8, 4) is 0 Å². The van der Waals surface area contributed by atoms with Gasteiger partial charge in [-0.3, -0.25) is 9.59 Å². The largest absolute Gasteiger partial charge is 0.293 e. The number of halogens is 1. The molecule has 3 heteroatoms. The molecule has 0 amide bonds. The molecule has 0 radical (unpaired) electrons. The SMILES string of the molecule is O=C1c2cccc(Br)c2C(=O)C2C=CC=CC12. The molecule has 0 saturated carbocycles. The van der Waals surface area contributed by atoms with Gasteiger partial charge in [-0.2, -0.15) is 0 Å². The van der Waals surface area contributed by atoms with Crippen LogP contribution in [-0.4, -0.2) is 11.6 Å². The van der Waals surface area contributed by atoms with Crippen LogP contribution < -0.4 is 0 Å². The third-order valence-electron chi connectivity index (χ3n) is 3.27. The van der Waals surface area contributed by atoms with Gasteiger partial charge in [0.05, 0.1) is 11.8 Å². The third kappa shape index (κ3) is 1.46. The fourth-order valence-corrected chi connectivity index (χ4v) is 3.00. The molecule has 0 spiro atoms. The number of ketones is 2. The predicted molar refractivity (Wildman–Crippen MR) is 68.1 cm³/mol. The Bertz CT molecular complexity index is 584. The molecule has 0 bridgehead atoms. The van der Waals surface area contributed by atoms with Crippen LogP contribution in [0.15, 0.2) is 47.0 Å². The zero-order valence-corrected chi connectivity index (χ0v) is 10.5. The average molecular weight is 289 g/mol. The molecule has 84 valence electrons. The lowest BCUT2D eigenvalue weighted by molar-refractivity contribution is 0.0801. The first kappa shape index (κ1) is 10.7. The zero-order valence-electron chi connectivity index (χ0n) is 8.89. The molecule has 1 aromatic rings. The Balaban J connectivity index is 2.25. The highest BCUT2D eigenvalue weighted by Crippen LogP contribution is 2.36. The van der Waals surface area contributed by atoms with Crippen molar-refractivity contribution in [2.75, 3.05) is 0 Å². The van der Waals surface area contributed by atoms with E-state index in [1.54, 1.807) is 18.2 Å². The van der Waals surface area contributed by atoms with Crippen molar-refractivity contribution < 1.29 is 9.59 Å². The topological polar surface area (TPSA) is 34.1 Å². The summed E-state index contributed by atoms with van der Waals surface area (Å²) in [7, 11) is 0. The van der Waals surface area contributed by atoms with Crippen molar-refractivity contribution in [2.45, 2.75) is 0 Å². The minimum Gasteiger partial charge on any atom is -0.293 e. The molecule has 0 aromatic heterocycles. The van der Waals surface area contributed by atoms with Gasteiger partial charge in [-0.1, -0.05) is 52.4 Å². The number of carbonyl (C=O) groups is 2. The predicted octanol–water partition coefficient (Wildman–Crippen LogP) is 3.19. The Morgan fingerprint density at radius 3 is 2.29 bits per heavy atom. The fraction of sp³-hybridized carbons (Fsp3) is 0.143. The maximum absolute atomic E-state index is 12.4. The maximum Gasteiger partial charge on any atom is 0.172 e. The Morgan fingerprint density at radius 2 is 1.59 bits per heavy atom. The Morgan fingerprint density at radius 1 is 0.941 bits per heavy atom. The van der Waals surface area contributed by atoms with Crippen LogP contribution in [0.2, 0.25) is 0 Å². The van der Waals surface area contributed by atoms with E-state index in [-0.39, 0.29) is 23.4 Å². The highest BCUT2D eigenvalue weighted by Gasteiger charge is 2.40. The summed E-state index contributed by atoms with van der Waals surface area (Å²) >= 11 is 3.35. The lowest BCUT2D eigenvalue weighted by Crippen LogP contribution is -2.35. The summed E-state index contributed by atoms with van der Waals surface area (Å²) in [6.07, 6.45) is 7.28. The molecule has 1 aromatic carbocycles. The standard InChI is InChI=1S/C14H9BrO2/c15-11-7-3-6-10-12(11)14(17)9-5-2-1-4-8(9)13(10)16/h1-9H. The van der Waals surface area contributed by atoms with Crippen LogP contribution in [0.4, 0.5) is 0 Å². The number of hydrogen-bond donors (Lipinski definition) is 0. The van der Waals surface area contributed by atoms with Crippen molar-refractivity contribution in [3.05, 3.63) is 58.1 Å². The first-order chi connectivity index (χ1) is 8.20. The summed E-state index contributed by atoms with van der Waals surface area (Å²) in [6, 6.07) is 5.31. The fourth-order valence-electron chi connectivity index (χ4n) is 2.43. The Kier molecular flexibility index (Phi) is 2.37. The molecule has 0 heterocycles. The molecule has 2 atom stereocenters. The first-order valence-electron chi connectivity index (χ1n) is 5.42. The molecule has 0 aliphatic heterocycles. The van der Waals surface area contributed by atoms with Crippen molar-refractivity contribution in [2.24, 2.45) is 11.8 Å². The van der Waals surface area contributed by atoms with Crippen LogP contribution in [0.1, 0.15) is 20.7 Å². The van der Waals surface area contributed by atoms with E-state index in [1.807, 2.05) is 24.3 Å². The molecule has 17 heavy (non-hydrogen) atoms. The molecule has 0 saturated heterocycles. The highest BCUT2D eigenvalue weighted by atomic mass is 79.9. The second-order valence-electron chi connectivity index (χ2n) is 4.21. The zero-order chi connectivity index (χ0) is 12.0. The van der Waals surface area contributed by atoms with E-state index in [1.165, 1.54) is 0 Å². The molecule has 0 fully saturated rings.